The van der Waals surface area contributed by atoms with Gasteiger partial charge in [0.05, 0.1) is 24.7 Å². The van der Waals surface area contributed by atoms with Crippen molar-refractivity contribution < 1.29 is 17.9 Å². The van der Waals surface area contributed by atoms with E-state index < -0.39 is 10.0 Å². The minimum atomic E-state index is -3.51. The molecule has 1 aliphatic rings. The predicted octanol–water partition coefficient (Wildman–Crippen LogP) is 3.47. The lowest BCUT2D eigenvalue weighted by molar-refractivity contribution is 0.122. The number of sulfonamides is 1. The first-order valence-corrected chi connectivity index (χ1v) is 12.1. The van der Waals surface area contributed by atoms with Gasteiger partial charge < -0.3 is 14.4 Å². The molecule has 1 heterocycles. The maximum Gasteiger partial charge on any atom is 0.240 e. The maximum atomic E-state index is 12.5. The number of rotatable bonds is 10. The van der Waals surface area contributed by atoms with Crippen LogP contribution in [0.4, 0.5) is 5.69 Å². The summed E-state index contributed by atoms with van der Waals surface area (Å²) in [5, 5.41) is 0. The number of ether oxygens (including phenoxy) is 2. The van der Waals surface area contributed by atoms with Gasteiger partial charge in [-0.1, -0.05) is 26.0 Å². The van der Waals surface area contributed by atoms with Crippen LogP contribution in [0.3, 0.4) is 0 Å². The fourth-order valence-corrected chi connectivity index (χ4v) is 4.33. The van der Waals surface area contributed by atoms with Crippen molar-refractivity contribution in [3.8, 4) is 5.75 Å². The van der Waals surface area contributed by atoms with Crippen LogP contribution in [0.15, 0.2) is 53.4 Å². The molecule has 0 aromatic heterocycles. The highest BCUT2D eigenvalue weighted by Crippen LogP contribution is 2.18. The van der Waals surface area contributed by atoms with Gasteiger partial charge in [-0.25, -0.2) is 13.1 Å². The zero-order valence-corrected chi connectivity index (χ0v) is 18.7. The molecule has 0 amide bonds. The van der Waals surface area contributed by atoms with Gasteiger partial charge in [-0.3, -0.25) is 0 Å². The van der Waals surface area contributed by atoms with Gasteiger partial charge in [0.25, 0.3) is 0 Å². The maximum absolute atomic E-state index is 12.5. The Bertz CT molecular complexity index is 874. The van der Waals surface area contributed by atoms with Crippen LogP contribution in [-0.4, -0.2) is 47.9 Å². The third-order valence-corrected chi connectivity index (χ3v) is 6.44. The molecular weight excluding hydrogens is 400 g/mol. The molecule has 0 bridgehead atoms. The van der Waals surface area contributed by atoms with Crippen molar-refractivity contribution in [2.24, 2.45) is 5.92 Å². The fourth-order valence-electron chi connectivity index (χ4n) is 3.26. The summed E-state index contributed by atoms with van der Waals surface area (Å²) in [6.45, 7) is 8.54. The molecule has 1 saturated heterocycles. The molecule has 1 aliphatic heterocycles. The second kappa shape index (κ2) is 10.8. The predicted molar refractivity (Wildman–Crippen MR) is 120 cm³/mol. The lowest BCUT2D eigenvalue weighted by atomic mass is 10.1. The van der Waals surface area contributed by atoms with Gasteiger partial charge in [0.2, 0.25) is 10.0 Å². The largest absolute Gasteiger partial charge is 0.493 e. The molecule has 0 atom stereocenters. The third-order valence-electron chi connectivity index (χ3n) is 4.96. The van der Waals surface area contributed by atoms with Crippen LogP contribution in [0.5, 0.6) is 5.75 Å². The van der Waals surface area contributed by atoms with Crippen molar-refractivity contribution in [2.45, 2.75) is 31.6 Å². The summed E-state index contributed by atoms with van der Waals surface area (Å²) in [4.78, 5) is 2.58. The van der Waals surface area contributed by atoms with E-state index in [0.717, 1.165) is 39.1 Å². The van der Waals surface area contributed by atoms with E-state index in [-0.39, 0.29) is 4.90 Å². The molecule has 6 nitrogen and oxygen atoms in total. The van der Waals surface area contributed by atoms with E-state index in [0.29, 0.717) is 24.8 Å². The number of hydrogen-bond donors (Lipinski definition) is 1. The van der Waals surface area contributed by atoms with Gasteiger partial charge >= 0.3 is 0 Å². The van der Waals surface area contributed by atoms with Crippen LogP contribution >= 0.6 is 0 Å². The van der Waals surface area contributed by atoms with Gasteiger partial charge in [-0.2, -0.15) is 0 Å². The Hall–Kier alpha value is -2.09. The van der Waals surface area contributed by atoms with Crippen molar-refractivity contribution in [1.82, 2.24) is 4.72 Å². The summed E-state index contributed by atoms with van der Waals surface area (Å²) in [7, 11) is -3.51. The van der Waals surface area contributed by atoms with Crippen molar-refractivity contribution in [2.75, 3.05) is 44.4 Å². The number of morpholine rings is 1. The molecule has 2 aromatic rings. The van der Waals surface area contributed by atoms with E-state index >= 15 is 0 Å². The average Bonchev–Trinajstić information content (AvgIpc) is 2.77. The first kappa shape index (κ1) is 22.6. The highest BCUT2D eigenvalue weighted by Gasteiger charge is 2.14. The summed E-state index contributed by atoms with van der Waals surface area (Å²) < 4.78 is 38.6. The van der Waals surface area contributed by atoms with Crippen molar-refractivity contribution in [3.05, 3.63) is 54.1 Å². The van der Waals surface area contributed by atoms with Crippen molar-refractivity contribution >= 4 is 15.7 Å². The van der Waals surface area contributed by atoms with Gasteiger partial charge in [-0.05, 0) is 60.7 Å². The molecule has 0 unspecified atom stereocenters. The van der Waals surface area contributed by atoms with Crippen molar-refractivity contribution in [1.29, 1.82) is 0 Å². The molecular formula is C23H32N2O4S. The normalized spacial score (nSPS) is 14.8. The van der Waals surface area contributed by atoms with Crippen LogP contribution in [0, 0.1) is 5.92 Å². The van der Waals surface area contributed by atoms with Crippen LogP contribution in [0.25, 0.3) is 0 Å². The lowest BCUT2D eigenvalue weighted by Crippen LogP contribution is -2.36. The molecule has 3 rings (SSSR count). The second-order valence-electron chi connectivity index (χ2n) is 7.94. The molecule has 1 N–H and O–H groups in total. The quantitative estimate of drug-likeness (QED) is 0.582. The number of benzene rings is 2. The lowest BCUT2D eigenvalue weighted by Gasteiger charge is -2.28. The zero-order chi connectivity index (χ0) is 21.4. The molecule has 0 spiro atoms. The topological polar surface area (TPSA) is 67.9 Å². The Labute approximate surface area is 180 Å². The van der Waals surface area contributed by atoms with Crippen LogP contribution < -0.4 is 14.4 Å². The first-order valence-electron chi connectivity index (χ1n) is 10.6. The first-order chi connectivity index (χ1) is 14.4. The van der Waals surface area contributed by atoms with Gasteiger partial charge in [0, 0.05) is 25.3 Å². The summed E-state index contributed by atoms with van der Waals surface area (Å²) in [6.07, 6.45) is 1.57. The van der Waals surface area contributed by atoms with Crippen LogP contribution in [0.1, 0.15) is 25.8 Å². The standard InChI is InChI=1S/C23H32N2O4S/c1-19(2)18-29-22-9-11-23(12-10-22)30(26,27)24-13-3-4-20-5-7-21(8-6-20)25-14-16-28-17-15-25/h5-12,19,24H,3-4,13-18H2,1-2H3. The molecule has 0 aliphatic carbocycles. The minimum Gasteiger partial charge on any atom is -0.493 e. The van der Waals surface area contributed by atoms with Gasteiger partial charge in [0.1, 0.15) is 5.75 Å². The second-order valence-corrected chi connectivity index (χ2v) is 9.71. The van der Waals surface area contributed by atoms with E-state index in [1.807, 2.05) is 0 Å². The molecule has 7 heteroatoms. The van der Waals surface area contributed by atoms with Crippen LogP contribution in [-0.2, 0) is 21.2 Å². The van der Waals surface area contributed by atoms with Gasteiger partial charge in [-0.15, -0.1) is 0 Å². The summed E-state index contributed by atoms with van der Waals surface area (Å²) >= 11 is 0. The molecule has 0 radical (unpaired) electrons. The fraction of sp³-hybridized carbons (Fsp3) is 0.478. The number of anilines is 1. The number of nitrogens with zero attached hydrogens (tertiary/aromatic N) is 1. The Morgan fingerprint density at radius 1 is 1.03 bits per heavy atom. The van der Waals surface area contributed by atoms with Crippen LogP contribution in [0.2, 0.25) is 0 Å². The Balaban J connectivity index is 1.43. The highest BCUT2D eigenvalue weighted by atomic mass is 32.2. The van der Waals surface area contributed by atoms with E-state index in [2.05, 4.69) is 47.7 Å². The Kier molecular flexibility index (Phi) is 8.13. The Morgan fingerprint density at radius 2 is 1.70 bits per heavy atom. The Morgan fingerprint density at radius 3 is 2.33 bits per heavy atom. The molecule has 30 heavy (non-hydrogen) atoms. The minimum absolute atomic E-state index is 0.259. The van der Waals surface area contributed by atoms with E-state index in [4.69, 9.17) is 9.47 Å². The van der Waals surface area contributed by atoms with Crippen molar-refractivity contribution in [3.63, 3.8) is 0 Å². The molecule has 0 saturated carbocycles. The SMILES string of the molecule is CC(C)COc1ccc(S(=O)(=O)NCCCc2ccc(N3CCOCC3)cc2)cc1. The number of aryl methyl sites for hydroxylation is 1. The summed E-state index contributed by atoms with van der Waals surface area (Å²) in [5.41, 5.74) is 2.42. The van der Waals surface area contributed by atoms with E-state index in [1.54, 1.807) is 24.3 Å². The van der Waals surface area contributed by atoms with E-state index in [1.165, 1.54) is 11.3 Å². The molecule has 1 fully saturated rings. The van der Waals surface area contributed by atoms with Gasteiger partial charge in [0.15, 0.2) is 0 Å². The highest BCUT2D eigenvalue weighted by molar-refractivity contribution is 7.89. The molecule has 2 aromatic carbocycles. The monoisotopic (exact) mass is 432 g/mol. The summed E-state index contributed by atoms with van der Waals surface area (Å²) in [6, 6.07) is 15.1. The van der Waals surface area contributed by atoms with E-state index in [9.17, 15) is 8.42 Å². The average molecular weight is 433 g/mol. The third kappa shape index (κ3) is 6.72. The number of hydrogen-bond acceptors (Lipinski definition) is 5. The molecule has 164 valence electrons. The summed E-state index contributed by atoms with van der Waals surface area (Å²) in [5.74, 6) is 1.11. The smallest absolute Gasteiger partial charge is 0.240 e. The number of nitrogens with one attached hydrogen (secondary N) is 1. The zero-order valence-electron chi connectivity index (χ0n) is 17.8.